The summed E-state index contributed by atoms with van der Waals surface area (Å²) in [6.45, 7) is 1.46. The van der Waals surface area contributed by atoms with Crippen molar-refractivity contribution in [3.05, 3.63) is 35.6 Å². The monoisotopic (exact) mass is 388 g/mol. The number of hydrogen-bond donors (Lipinski definition) is 1. The summed E-state index contributed by atoms with van der Waals surface area (Å²) in [6, 6.07) is 5.17. The molecule has 0 aromatic heterocycles. The van der Waals surface area contributed by atoms with Crippen molar-refractivity contribution in [1.29, 1.82) is 0 Å². The Morgan fingerprint density at radius 1 is 1.47 bits per heavy atom. The molecule has 96 valence electrons. The normalized spacial score (nSPS) is 14.6. The molecule has 0 fully saturated rings. The molecule has 0 spiro atoms. The third-order valence-electron chi connectivity index (χ3n) is 2.28. The first-order valence-corrected chi connectivity index (χ1v) is 8.00. The molecule has 17 heavy (non-hydrogen) atoms. The van der Waals surface area contributed by atoms with Gasteiger partial charge in [0.2, 0.25) is 2.57 Å². The second-order valence-electron chi connectivity index (χ2n) is 3.42. The number of sulfone groups is 1. The molecule has 3 nitrogen and oxygen atoms in total. The molecule has 1 N–H and O–H groups in total. The maximum absolute atomic E-state index is 13.0. The Hall–Kier alpha value is 0.0200. The predicted octanol–water partition coefficient (Wildman–Crippen LogP) is 2.74. The molecule has 1 aromatic rings. The van der Waals surface area contributed by atoms with Crippen LogP contribution < -0.4 is 0 Å². The zero-order valence-corrected chi connectivity index (χ0v) is 12.9. The summed E-state index contributed by atoms with van der Waals surface area (Å²) in [5.74, 6) is -0.693. The zero-order chi connectivity index (χ0) is 13.3. The van der Waals surface area contributed by atoms with Gasteiger partial charge in [0.15, 0.2) is 9.84 Å². The van der Waals surface area contributed by atoms with Gasteiger partial charge in [0.05, 0.1) is 0 Å². The topological polar surface area (TPSA) is 54.4 Å². The number of rotatable bonds is 4. The molecule has 0 aliphatic heterocycles. The summed E-state index contributed by atoms with van der Waals surface area (Å²) >= 11 is 5.89. The summed E-state index contributed by atoms with van der Waals surface area (Å²) in [4.78, 5) is 0. The zero-order valence-electron chi connectivity index (χ0n) is 8.90. The van der Waals surface area contributed by atoms with E-state index in [4.69, 9.17) is 0 Å². The fourth-order valence-corrected chi connectivity index (χ4v) is 4.00. The standard InChI is InChI=1S/C10H11Br2FO3S/c1-2-17(15,16)10(11,12)9(14)7-4-3-5-8(13)6-7/h3-6,9,14H,2H2,1H3/t9-/m0/s1. The van der Waals surface area contributed by atoms with Gasteiger partial charge in [0, 0.05) is 5.75 Å². The molecule has 0 heterocycles. The average molecular weight is 390 g/mol. The van der Waals surface area contributed by atoms with Crippen molar-refractivity contribution in [2.24, 2.45) is 0 Å². The van der Waals surface area contributed by atoms with E-state index in [2.05, 4.69) is 31.9 Å². The maximum Gasteiger partial charge on any atom is 0.210 e. The Kier molecular flexibility index (Phi) is 4.73. The molecule has 0 bridgehead atoms. The van der Waals surface area contributed by atoms with Gasteiger partial charge in [0.1, 0.15) is 11.9 Å². The van der Waals surface area contributed by atoms with Crippen LogP contribution in [0, 0.1) is 5.82 Å². The van der Waals surface area contributed by atoms with Crippen molar-refractivity contribution in [3.8, 4) is 0 Å². The van der Waals surface area contributed by atoms with E-state index in [1.54, 1.807) is 0 Å². The van der Waals surface area contributed by atoms with Gasteiger partial charge in [-0.2, -0.15) is 0 Å². The highest BCUT2D eigenvalue weighted by Crippen LogP contribution is 2.44. The van der Waals surface area contributed by atoms with Crippen LogP contribution in [0.4, 0.5) is 4.39 Å². The summed E-state index contributed by atoms with van der Waals surface area (Å²) in [7, 11) is -3.60. The second kappa shape index (κ2) is 5.34. The van der Waals surface area contributed by atoms with Crippen LogP contribution in [0.25, 0.3) is 0 Å². The van der Waals surface area contributed by atoms with Crippen molar-refractivity contribution in [2.75, 3.05) is 5.75 Å². The average Bonchev–Trinajstić information content (AvgIpc) is 2.27. The van der Waals surface area contributed by atoms with Crippen molar-refractivity contribution in [1.82, 2.24) is 0 Å². The van der Waals surface area contributed by atoms with Gasteiger partial charge in [-0.05, 0) is 17.7 Å². The molecule has 0 radical (unpaired) electrons. The highest BCUT2D eigenvalue weighted by molar-refractivity contribution is 9.28. The molecular formula is C10H11Br2FO3S. The smallest absolute Gasteiger partial charge is 0.210 e. The number of aliphatic hydroxyl groups excluding tert-OH is 1. The van der Waals surface area contributed by atoms with Crippen LogP contribution in [-0.2, 0) is 9.84 Å². The summed E-state index contributed by atoms with van der Waals surface area (Å²) < 4.78 is 34.8. The summed E-state index contributed by atoms with van der Waals surface area (Å²) in [6.07, 6.45) is -1.41. The van der Waals surface area contributed by atoms with Gasteiger partial charge in [-0.1, -0.05) is 50.9 Å². The molecule has 1 atom stereocenters. The lowest BCUT2D eigenvalue weighted by Gasteiger charge is -2.26. The van der Waals surface area contributed by atoms with Gasteiger partial charge in [-0.3, -0.25) is 0 Å². The van der Waals surface area contributed by atoms with Crippen LogP contribution in [0.15, 0.2) is 24.3 Å². The van der Waals surface area contributed by atoms with Crippen LogP contribution in [-0.4, -0.2) is 21.8 Å². The summed E-state index contributed by atoms with van der Waals surface area (Å²) in [5.41, 5.74) is 0.177. The largest absolute Gasteiger partial charge is 0.385 e. The lowest BCUT2D eigenvalue weighted by molar-refractivity contribution is 0.188. The minimum atomic E-state index is -3.60. The Balaban J connectivity index is 3.17. The lowest BCUT2D eigenvalue weighted by Crippen LogP contribution is -2.33. The molecular weight excluding hydrogens is 379 g/mol. The first-order chi connectivity index (χ1) is 7.72. The molecule has 7 heteroatoms. The highest BCUT2D eigenvalue weighted by atomic mass is 79.9. The van der Waals surface area contributed by atoms with E-state index >= 15 is 0 Å². The molecule has 0 unspecified atom stereocenters. The van der Waals surface area contributed by atoms with Gasteiger partial charge in [-0.15, -0.1) is 0 Å². The van der Waals surface area contributed by atoms with Crippen molar-refractivity contribution in [3.63, 3.8) is 0 Å². The third kappa shape index (κ3) is 3.07. The fraction of sp³-hybridized carbons (Fsp3) is 0.400. The van der Waals surface area contributed by atoms with Gasteiger partial charge in [0.25, 0.3) is 0 Å². The highest BCUT2D eigenvalue weighted by Gasteiger charge is 2.45. The van der Waals surface area contributed by atoms with E-state index in [-0.39, 0.29) is 11.3 Å². The van der Waals surface area contributed by atoms with E-state index < -0.39 is 24.3 Å². The van der Waals surface area contributed by atoms with E-state index in [1.807, 2.05) is 0 Å². The minimum Gasteiger partial charge on any atom is -0.385 e. The predicted molar refractivity (Wildman–Crippen MR) is 71.4 cm³/mol. The molecule has 0 aliphatic rings. The second-order valence-corrected chi connectivity index (χ2v) is 10.5. The van der Waals surface area contributed by atoms with Crippen LogP contribution in [0.1, 0.15) is 18.6 Å². The Morgan fingerprint density at radius 2 is 2.06 bits per heavy atom. The minimum absolute atomic E-state index is 0.157. The number of benzene rings is 1. The third-order valence-corrected chi connectivity index (χ3v) is 7.92. The Bertz CT molecular complexity index is 502. The van der Waals surface area contributed by atoms with Crippen LogP contribution in [0.5, 0.6) is 0 Å². The van der Waals surface area contributed by atoms with E-state index in [1.165, 1.54) is 25.1 Å². The Labute approximate surface area is 116 Å². The van der Waals surface area contributed by atoms with Crippen LogP contribution >= 0.6 is 31.9 Å². The van der Waals surface area contributed by atoms with Gasteiger partial charge >= 0.3 is 0 Å². The van der Waals surface area contributed by atoms with Crippen LogP contribution in [0.2, 0.25) is 0 Å². The van der Waals surface area contributed by atoms with Crippen molar-refractivity contribution in [2.45, 2.75) is 15.6 Å². The molecule has 0 saturated carbocycles. The molecule has 0 amide bonds. The first kappa shape index (κ1) is 15.1. The molecule has 1 aromatic carbocycles. The Morgan fingerprint density at radius 3 is 2.53 bits per heavy atom. The molecule has 0 aliphatic carbocycles. The maximum atomic E-state index is 13.0. The number of aliphatic hydroxyl groups is 1. The van der Waals surface area contributed by atoms with E-state index in [0.717, 1.165) is 6.07 Å². The van der Waals surface area contributed by atoms with E-state index in [9.17, 15) is 17.9 Å². The quantitative estimate of drug-likeness (QED) is 0.805. The fourth-order valence-electron chi connectivity index (χ4n) is 1.23. The van der Waals surface area contributed by atoms with Gasteiger partial charge < -0.3 is 5.11 Å². The number of halogens is 3. The number of hydrogen-bond acceptors (Lipinski definition) is 3. The SMILES string of the molecule is CCS(=O)(=O)C(Br)(Br)[C@@H](O)c1cccc(F)c1. The molecule has 0 saturated heterocycles. The van der Waals surface area contributed by atoms with E-state index in [0.29, 0.717) is 0 Å². The molecule has 1 rings (SSSR count). The lowest BCUT2D eigenvalue weighted by atomic mass is 10.1. The summed E-state index contributed by atoms with van der Waals surface area (Å²) in [5, 5.41) is 10.00. The van der Waals surface area contributed by atoms with Gasteiger partial charge in [-0.25, -0.2) is 12.8 Å². The first-order valence-electron chi connectivity index (χ1n) is 4.76. The number of alkyl halides is 2. The van der Waals surface area contributed by atoms with Crippen molar-refractivity contribution < 1.29 is 17.9 Å². The van der Waals surface area contributed by atoms with Crippen molar-refractivity contribution >= 4 is 41.7 Å². The van der Waals surface area contributed by atoms with Crippen LogP contribution in [0.3, 0.4) is 0 Å².